The number of esters is 1. The number of hydrogen-bond acceptors (Lipinski definition) is 5. The smallest absolute Gasteiger partial charge is 0.309 e. The van der Waals surface area contributed by atoms with Gasteiger partial charge in [-0.25, -0.2) is 8.78 Å². The van der Waals surface area contributed by atoms with Crippen LogP contribution in [-0.2, 0) is 23.9 Å². The SMILES string of the molecule is CC(C)C1=C2C3CCC4[C@@](C)(CCC5C(C)(C)[C@@H](OC(=O)CC(C)(C)C(=O)O)CC[C@@]54C)C3CCC2(C(=O)NCC2CCC(F)(F)CC2)CC1=O. The van der Waals surface area contributed by atoms with E-state index in [1.54, 1.807) is 13.8 Å². The van der Waals surface area contributed by atoms with Gasteiger partial charge in [0.25, 0.3) is 0 Å². The summed E-state index contributed by atoms with van der Waals surface area (Å²) >= 11 is 0. The molecule has 0 aromatic carbocycles. The number of ether oxygens (including phenoxy) is 1. The first-order valence-corrected chi connectivity index (χ1v) is 20.0. The number of nitrogens with one attached hydrogen (secondary N) is 1. The molecule has 0 saturated heterocycles. The topological polar surface area (TPSA) is 110 Å². The van der Waals surface area contributed by atoms with Crippen LogP contribution < -0.4 is 5.32 Å². The van der Waals surface area contributed by atoms with E-state index < -0.39 is 28.7 Å². The summed E-state index contributed by atoms with van der Waals surface area (Å²) in [4.78, 5) is 52.9. The van der Waals surface area contributed by atoms with E-state index in [4.69, 9.17) is 4.74 Å². The van der Waals surface area contributed by atoms with Crippen LogP contribution in [-0.4, -0.2) is 47.3 Å². The van der Waals surface area contributed by atoms with Gasteiger partial charge in [-0.3, -0.25) is 19.2 Å². The maximum absolute atomic E-state index is 14.3. The van der Waals surface area contributed by atoms with Crippen LogP contribution in [0.1, 0.15) is 145 Å². The summed E-state index contributed by atoms with van der Waals surface area (Å²) < 4.78 is 33.8. The highest BCUT2D eigenvalue weighted by molar-refractivity contribution is 6.06. The minimum absolute atomic E-state index is 0.0279. The van der Waals surface area contributed by atoms with Crippen molar-refractivity contribution in [2.75, 3.05) is 6.54 Å². The lowest BCUT2D eigenvalue weighted by molar-refractivity contribution is -0.213. The van der Waals surface area contributed by atoms with E-state index in [2.05, 4.69) is 46.9 Å². The van der Waals surface area contributed by atoms with E-state index in [9.17, 15) is 33.1 Å². The summed E-state index contributed by atoms with van der Waals surface area (Å²) in [5, 5.41) is 12.8. The van der Waals surface area contributed by atoms with Crippen molar-refractivity contribution in [3.8, 4) is 0 Å². The molecule has 0 bridgehead atoms. The Hall–Kier alpha value is -2.32. The number of alkyl halides is 2. The van der Waals surface area contributed by atoms with Crippen molar-refractivity contribution in [3.63, 3.8) is 0 Å². The monoisotopic (exact) mass is 715 g/mol. The third kappa shape index (κ3) is 6.30. The van der Waals surface area contributed by atoms with Crippen LogP contribution in [0.4, 0.5) is 8.78 Å². The van der Waals surface area contributed by atoms with Crippen molar-refractivity contribution in [2.45, 2.75) is 157 Å². The summed E-state index contributed by atoms with van der Waals surface area (Å²) in [5.41, 5.74) is -0.233. The normalized spacial score (nSPS) is 39.0. The van der Waals surface area contributed by atoms with E-state index in [1.807, 2.05) is 0 Å². The molecule has 6 rings (SSSR count). The predicted octanol–water partition coefficient (Wildman–Crippen LogP) is 8.93. The third-order valence-corrected chi connectivity index (χ3v) is 15.8. The Morgan fingerprint density at radius 1 is 0.882 bits per heavy atom. The molecular weight excluding hydrogens is 652 g/mol. The third-order valence-electron chi connectivity index (χ3n) is 15.8. The summed E-state index contributed by atoms with van der Waals surface area (Å²) in [6.45, 7) is 17.1. The number of aliphatic carboxylic acids is 1. The summed E-state index contributed by atoms with van der Waals surface area (Å²) in [6, 6.07) is 0. The van der Waals surface area contributed by atoms with Crippen molar-refractivity contribution in [3.05, 3.63) is 11.1 Å². The van der Waals surface area contributed by atoms with Crippen LogP contribution >= 0.6 is 0 Å². The highest BCUT2D eigenvalue weighted by Crippen LogP contribution is 2.73. The number of fused-ring (bicyclic) bond motifs is 7. The Morgan fingerprint density at radius 2 is 1.53 bits per heavy atom. The van der Waals surface area contributed by atoms with E-state index in [-0.39, 0.29) is 77.5 Å². The van der Waals surface area contributed by atoms with Crippen LogP contribution in [0.15, 0.2) is 11.1 Å². The molecule has 7 nitrogen and oxygen atoms in total. The number of carbonyl (C=O) groups is 4. The Morgan fingerprint density at radius 3 is 2.16 bits per heavy atom. The second kappa shape index (κ2) is 12.9. The fourth-order valence-corrected chi connectivity index (χ4v) is 13.1. The molecule has 5 fully saturated rings. The summed E-state index contributed by atoms with van der Waals surface area (Å²) in [6.07, 6.45) is 7.62. The van der Waals surface area contributed by atoms with Crippen LogP contribution in [0.3, 0.4) is 0 Å². The molecule has 0 aliphatic heterocycles. The maximum Gasteiger partial charge on any atom is 0.309 e. The number of carbonyl (C=O) groups excluding carboxylic acids is 3. The molecule has 0 aromatic heterocycles. The number of allylic oxidation sites excluding steroid dienone is 1. The van der Waals surface area contributed by atoms with Gasteiger partial charge in [-0.1, -0.05) is 41.5 Å². The Kier molecular flexibility index (Phi) is 9.73. The number of rotatable bonds is 8. The maximum atomic E-state index is 14.3. The van der Waals surface area contributed by atoms with Gasteiger partial charge in [-0.05, 0) is 136 Å². The van der Waals surface area contributed by atoms with Crippen molar-refractivity contribution in [1.82, 2.24) is 5.32 Å². The average Bonchev–Trinajstić information content (AvgIpc) is 3.35. The van der Waals surface area contributed by atoms with Crippen molar-refractivity contribution in [2.24, 2.45) is 62.6 Å². The van der Waals surface area contributed by atoms with E-state index in [1.165, 1.54) is 0 Å². The molecule has 8 atom stereocenters. The second-order valence-corrected chi connectivity index (χ2v) is 19.9. The van der Waals surface area contributed by atoms with Crippen molar-refractivity contribution in [1.29, 1.82) is 0 Å². The molecule has 51 heavy (non-hydrogen) atoms. The Labute approximate surface area is 303 Å². The standard InChI is InChI=1S/C42H63F2NO6/c1-24(2)33-28(46)21-41(35(48)45-23-25-11-19-42(43,44)20-12-25)18-13-27-26(34(33)41)9-10-30-39(27,7)16-14-29-38(5,6)31(15-17-40(29,30)8)51-32(47)22-37(3,4)36(49)50/h24-27,29-31H,9-23H2,1-8H3,(H,45,48)(H,49,50)/t26?,27?,29?,30?,31-,39-,40-,41?/m0/s1. The highest BCUT2D eigenvalue weighted by atomic mass is 19.3. The predicted molar refractivity (Wildman–Crippen MR) is 191 cm³/mol. The van der Waals surface area contributed by atoms with Crippen LogP contribution in [0, 0.1) is 62.6 Å². The Balaban J connectivity index is 1.22. The van der Waals surface area contributed by atoms with E-state index >= 15 is 0 Å². The number of amides is 1. The first-order valence-electron chi connectivity index (χ1n) is 20.0. The zero-order chi connectivity index (χ0) is 37.5. The second-order valence-electron chi connectivity index (χ2n) is 19.9. The van der Waals surface area contributed by atoms with Crippen molar-refractivity contribution >= 4 is 23.6 Å². The average molecular weight is 716 g/mol. The van der Waals surface area contributed by atoms with Crippen LogP contribution in [0.25, 0.3) is 0 Å². The molecule has 0 heterocycles. The molecule has 0 radical (unpaired) electrons. The first kappa shape index (κ1) is 38.4. The fourth-order valence-electron chi connectivity index (χ4n) is 13.1. The molecular formula is C42H63F2NO6. The lowest BCUT2D eigenvalue weighted by Crippen LogP contribution is -2.63. The highest BCUT2D eigenvalue weighted by Gasteiger charge is 2.67. The number of carboxylic acids is 1. The van der Waals surface area contributed by atoms with Crippen LogP contribution in [0.2, 0.25) is 0 Å². The number of hydrogen-bond donors (Lipinski definition) is 2. The summed E-state index contributed by atoms with van der Waals surface area (Å²) in [7, 11) is 0. The van der Waals surface area contributed by atoms with Gasteiger partial charge < -0.3 is 15.2 Å². The quantitative estimate of drug-likeness (QED) is 0.243. The molecule has 286 valence electrons. The molecule has 5 saturated carbocycles. The number of ketones is 1. The molecule has 0 spiro atoms. The van der Waals surface area contributed by atoms with E-state index in [0.29, 0.717) is 43.6 Å². The van der Waals surface area contributed by atoms with Gasteiger partial charge in [-0.15, -0.1) is 0 Å². The van der Waals surface area contributed by atoms with Gasteiger partial charge in [0, 0.05) is 31.2 Å². The molecule has 6 aliphatic rings. The number of Topliss-reactive ketones (excluding diaryl/α,β-unsaturated/α-hetero) is 1. The fraction of sp³-hybridized carbons (Fsp3) is 0.857. The minimum Gasteiger partial charge on any atom is -0.481 e. The lowest BCUT2D eigenvalue weighted by atomic mass is 9.36. The molecule has 2 N–H and O–H groups in total. The van der Waals surface area contributed by atoms with Gasteiger partial charge in [0.2, 0.25) is 11.8 Å². The molecule has 6 aliphatic carbocycles. The van der Waals surface area contributed by atoms with Gasteiger partial charge in [-0.2, -0.15) is 0 Å². The van der Waals surface area contributed by atoms with Crippen molar-refractivity contribution < 1.29 is 37.8 Å². The largest absolute Gasteiger partial charge is 0.481 e. The summed E-state index contributed by atoms with van der Waals surface area (Å²) in [5.74, 6) is -2.62. The Bertz CT molecular complexity index is 1470. The first-order chi connectivity index (χ1) is 23.6. The zero-order valence-corrected chi connectivity index (χ0v) is 32.4. The van der Waals surface area contributed by atoms with E-state index in [0.717, 1.165) is 56.1 Å². The molecule has 0 aromatic rings. The zero-order valence-electron chi connectivity index (χ0n) is 32.4. The molecule has 9 heteroatoms. The van der Waals surface area contributed by atoms with Gasteiger partial charge >= 0.3 is 11.9 Å². The van der Waals surface area contributed by atoms with Gasteiger partial charge in [0.15, 0.2) is 5.78 Å². The number of halogens is 2. The minimum atomic E-state index is -2.61. The van der Waals surface area contributed by atoms with Gasteiger partial charge in [0.05, 0.1) is 17.3 Å². The van der Waals surface area contributed by atoms with Gasteiger partial charge in [0.1, 0.15) is 6.10 Å². The molecule has 1 amide bonds. The van der Waals surface area contributed by atoms with Crippen LogP contribution in [0.5, 0.6) is 0 Å². The molecule has 5 unspecified atom stereocenters. The lowest BCUT2D eigenvalue weighted by Gasteiger charge is -2.68. The number of carboxylic acid groups (broad SMARTS) is 1.